The first-order chi connectivity index (χ1) is 35.6. The molecule has 0 bridgehead atoms. The van der Waals surface area contributed by atoms with Crippen molar-refractivity contribution in [3.63, 3.8) is 0 Å². The van der Waals surface area contributed by atoms with E-state index in [-0.39, 0.29) is 79.4 Å². The monoisotopic (exact) mass is 1100 g/mol. The van der Waals surface area contributed by atoms with Crippen molar-refractivity contribution in [2.45, 2.75) is 190 Å². The van der Waals surface area contributed by atoms with Crippen molar-refractivity contribution in [3.05, 3.63) is 54.1 Å². The summed E-state index contributed by atoms with van der Waals surface area (Å²) in [6.07, 6.45) is 1.08. The van der Waals surface area contributed by atoms with Crippen LogP contribution in [0.4, 0.5) is 0 Å². The van der Waals surface area contributed by atoms with E-state index in [4.69, 9.17) is 16.5 Å². The molecule has 0 radical (unpaired) electrons. The zero-order valence-electron chi connectivity index (χ0n) is 44.1. The van der Waals surface area contributed by atoms with Gasteiger partial charge in [0.2, 0.25) is 5.91 Å². The van der Waals surface area contributed by atoms with E-state index < -0.39 is 104 Å². The average molecular weight is 1100 g/mol. The van der Waals surface area contributed by atoms with Crippen LogP contribution in [-0.4, -0.2) is 197 Å². The Morgan fingerprint density at radius 3 is 2.27 bits per heavy atom. The summed E-state index contributed by atoms with van der Waals surface area (Å²) >= 11 is 0. The van der Waals surface area contributed by atoms with Crippen molar-refractivity contribution in [2.75, 3.05) is 24.6 Å². The van der Waals surface area contributed by atoms with Crippen LogP contribution in [0.2, 0.25) is 0 Å². The minimum absolute atomic E-state index is 0.0257. The first-order valence-corrected chi connectivity index (χ1v) is 29.3. The lowest BCUT2D eigenvalue weighted by Gasteiger charge is -2.38. The van der Waals surface area contributed by atoms with Crippen molar-refractivity contribution in [3.8, 4) is 5.75 Å². The summed E-state index contributed by atoms with van der Waals surface area (Å²) in [7, 11) is 2.87. The van der Waals surface area contributed by atoms with Gasteiger partial charge in [0.05, 0.1) is 36.3 Å². The molecule has 1 aliphatic carbocycles. The lowest BCUT2D eigenvalue weighted by molar-refractivity contribution is -0.127. The molecule has 3 aliphatic heterocycles. The molecule has 75 heavy (non-hydrogen) atoms. The molecule has 4 unspecified atom stereocenters. The van der Waals surface area contributed by atoms with E-state index in [1.807, 2.05) is 70.0 Å². The van der Waals surface area contributed by atoms with Crippen LogP contribution < -0.4 is 48.7 Å². The number of aliphatic hydroxyl groups excluding tert-OH is 9. The van der Waals surface area contributed by atoms with Crippen LogP contribution in [-0.2, 0) is 11.2 Å². The Bertz CT molecular complexity index is 1920. The van der Waals surface area contributed by atoms with Gasteiger partial charge in [0, 0.05) is 60.6 Å². The molecule has 5 rings (SSSR count). The van der Waals surface area contributed by atoms with Gasteiger partial charge in [-0.25, -0.2) is 0 Å². The van der Waals surface area contributed by atoms with Gasteiger partial charge in [-0.3, -0.25) is 46.6 Å². The van der Waals surface area contributed by atoms with Gasteiger partial charge in [-0.2, -0.15) is 0 Å². The van der Waals surface area contributed by atoms with E-state index in [2.05, 4.69) is 37.2 Å². The van der Waals surface area contributed by atoms with Crippen LogP contribution in [0, 0.1) is 29.6 Å². The molecule has 1 aromatic rings. The quantitative estimate of drug-likeness (QED) is 0.0503. The van der Waals surface area contributed by atoms with Gasteiger partial charge in [0.25, 0.3) is 0 Å². The van der Waals surface area contributed by atoms with Crippen molar-refractivity contribution in [1.29, 1.82) is 0 Å². The molecule has 24 heteroatoms. The first kappa shape index (κ1) is 63.5. The average Bonchev–Trinajstić information content (AvgIpc) is 4.03. The number of carbonyl (C=O) groups excluding carboxylic acids is 1. The minimum Gasteiger partial charge on any atom is -0.508 e. The number of hydrogen-bond acceptors (Lipinski definition) is 23. The highest BCUT2D eigenvalue weighted by molar-refractivity contribution is 8.76. The Kier molecular flexibility index (Phi) is 26.6. The number of fused-ring (bicyclic) bond motifs is 2. The predicted octanol–water partition coefficient (Wildman–Crippen LogP) is -1.85. The fourth-order valence-electron chi connectivity index (χ4n) is 10.3. The van der Waals surface area contributed by atoms with Gasteiger partial charge >= 0.3 is 0 Å². The number of hydrogen-bond donors (Lipinski definition) is 19. The van der Waals surface area contributed by atoms with Crippen LogP contribution in [0.5, 0.6) is 5.75 Å². The number of phenols is 1. The van der Waals surface area contributed by atoms with Gasteiger partial charge < -0.3 is 67.8 Å². The number of nitrogens with two attached hydrogens (primary N) is 2. The lowest BCUT2D eigenvalue weighted by atomic mass is 9.83. The second-order valence-corrected chi connectivity index (χ2v) is 24.0. The van der Waals surface area contributed by atoms with Crippen molar-refractivity contribution >= 4 is 33.7 Å². The zero-order chi connectivity index (χ0) is 54.9. The Labute approximate surface area is 450 Å². The fraction of sp³-hybridized carbons (Fsp3) is 0.765. The van der Waals surface area contributed by atoms with E-state index in [1.165, 1.54) is 33.7 Å². The number of nitrogens with one attached hydrogen (secondary N) is 7. The number of rotatable bonds is 20. The highest BCUT2D eigenvalue weighted by Gasteiger charge is 2.41. The second kappa shape index (κ2) is 31.4. The van der Waals surface area contributed by atoms with E-state index in [0.29, 0.717) is 31.6 Å². The van der Waals surface area contributed by atoms with Crippen molar-refractivity contribution < 1.29 is 55.9 Å². The molecule has 22 nitrogen and oxygen atoms in total. The van der Waals surface area contributed by atoms with Gasteiger partial charge in [-0.1, -0.05) is 99.1 Å². The molecule has 4 aliphatic rings. The number of benzene rings is 1. The number of β-amino-alcohol motifs (C(OH)–C–C–N with tert-alkyl or cyclic N) is 1. The van der Waals surface area contributed by atoms with Crippen LogP contribution >= 0.6 is 21.6 Å². The van der Waals surface area contributed by atoms with Crippen molar-refractivity contribution in [1.82, 2.24) is 42.1 Å². The number of amides is 1. The van der Waals surface area contributed by atoms with Crippen LogP contribution in [0.3, 0.4) is 0 Å². The highest BCUT2D eigenvalue weighted by atomic mass is 33.1. The third-order valence-corrected chi connectivity index (χ3v) is 17.6. The maximum Gasteiger partial charge on any atom is 0.237 e. The topological polar surface area (TPSA) is 371 Å². The third kappa shape index (κ3) is 19.7. The highest BCUT2D eigenvalue weighted by Crippen LogP contribution is 2.33. The van der Waals surface area contributed by atoms with Crippen LogP contribution in [0.1, 0.15) is 85.1 Å². The molecular weight excluding hydrogens is 1010 g/mol. The number of aliphatic imine (C=N–C) groups is 1. The molecule has 21 atom stereocenters. The minimum atomic E-state index is -1.48. The van der Waals surface area contributed by atoms with Gasteiger partial charge in [-0.15, -0.1) is 0 Å². The Balaban J connectivity index is 1.42. The number of aliphatic hydroxyl groups is 9. The van der Waals surface area contributed by atoms with Gasteiger partial charge in [0.1, 0.15) is 61.8 Å². The standard InChI is InChI=1S/C51H91N11O11S2/c1-6-28(4)43(50(72)57-35(44(53)66)17-18-41(52)64)61-47(69)38(22-31-23-54-34-11-8-7-10-33(31)34)58-48(70)39-26-75-74-25-29(5)51(73)62-19-9-12-40(62)49(71)59-37(21-30-13-15-32(63)16-14-30)45(67)55-24-42(65)56-36(20-27(2)3)46(68)60-39/h7-8,10-11,13-16,23,27-29,31,33-46,48-51,55-60,63-68,70-73H,6,9,12,17-22,24-26,52-53H2,1-5H3,(H,61,69)/t28?,29-,31?,33?,34?,35-,36-,37-,38-,39-,40-,41+,42+,43-,44-,45+,46-,48+,49-,50+,51+/m0/s1. The molecule has 1 aromatic carbocycles. The Morgan fingerprint density at radius 2 is 1.59 bits per heavy atom. The molecule has 21 N–H and O–H groups in total. The summed E-state index contributed by atoms with van der Waals surface area (Å²) in [4.78, 5) is 21.4. The fourth-order valence-corrected chi connectivity index (χ4v) is 13.0. The van der Waals surface area contributed by atoms with Crippen LogP contribution in [0.15, 0.2) is 53.6 Å². The number of aromatic hydroxyl groups is 1. The molecule has 2 fully saturated rings. The molecule has 1 amide bonds. The molecule has 428 valence electrons. The number of nitrogens with zero attached hydrogens (tertiary/aromatic N) is 2. The predicted molar refractivity (Wildman–Crippen MR) is 293 cm³/mol. The van der Waals surface area contributed by atoms with E-state index in [1.54, 1.807) is 12.1 Å². The zero-order valence-corrected chi connectivity index (χ0v) is 45.8. The van der Waals surface area contributed by atoms with Gasteiger partial charge in [-0.05, 0) is 74.5 Å². The summed E-state index contributed by atoms with van der Waals surface area (Å²) in [5.74, 6) is -0.629. The summed E-state index contributed by atoms with van der Waals surface area (Å²) in [5, 5.41) is 134. The van der Waals surface area contributed by atoms with Crippen molar-refractivity contribution in [2.24, 2.45) is 46.0 Å². The third-order valence-electron chi connectivity index (χ3n) is 14.9. The molecule has 0 aromatic heterocycles. The second-order valence-electron chi connectivity index (χ2n) is 21.5. The number of carbonyl (C=O) groups is 1. The normalized spacial score (nSPS) is 33.9. The molecule has 2 saturated heterocycles. The number of allylic oxidation sites excluding steroid dienone is 2. The maximum atomic E-state index is 14.8. The largest absolute Gasteiger partial charge is 0.508 e. The molecule has 3 heterocycles. The van der Waals surface area contributed by atoms with E-state index in [9.17, 15) is 55.9 Å². The van der Waals surface area contributed by atoms with E-state index >= 15 is 0 Å². The summed E-state index contributed by atoms with van der Waals surface area (Å²) in [6, 6.07) is 0.541. The SMILES string of the molecule is CCC(C)[C@H](NC(=O)[C@H](CC1C=NC2C=CC=CC12)N[C@H](O)[C@@H]1CSSC[C@H](C)[C@@H](O)N2CCC[C@H]2[C@H](O)N[C@@H](Cc2ccc(O)cc2)[C@@H](O)NC[C@@H](O)N[C@@H](CC(C)C)[C@H](O)N1)[C@@H](O)N[C@@H](CC[C@H](N)O)[C@@H](N)O. The smallest absolute Gasteiger partial charge is 0.237 e. The molecule has 0 spiro atoms. The first-order valence-electron chi connectivity index (χ1n) is 26.8. The van der Waals surface area contributed by atoms with E-state index in [0.717, 1.165) is 12.0 Å². The molecular formula is C51H91N11O11S2. The lowest BCUT2D eigenvalue weighted by Crippen LogP contribution is -2.64. The van der Waals surface area contributed by atoms with Gasteiger partial charge in [0.15, 0.2) is 0 Å². The Morgan fingerprint density at radius 1 is 0.880 bits per heavy atom. The Hall–Kier alpha value is -2.38. The molecule has 0 saturated carbocycles. The summed E-state index contributed by atoms with van der Waals surface area (Å²) < 4.78 is 0. The summed E-state index contributed by atoms with van der Waals surface area (Å²) in [5.41, 5.74) is 12.2. The number of phenolic OH excluding ortho intramolecular Hbond substituents is 1. The van der Waals surface area contributed by atoms with Crippen LogP contribution in [0.25, 0.3) is 0 Å². The maximum absolute atomic E-state index is 14.8. The summed E-state index contributed by atoms with van der Waals surface area (Å²) in [6.45, 7) is 9.97.